The van der Waals surface area contributed by atoms with Crippen LogP contribution in [0.25, 0.3) is 10.9 Å². The summed E-state index contributed by atoms with van der Waals surface area (Å²) in [6.45, 7) is 0.284. The fourth-order valence-electron chi connectivity index (χ4n) is 2.67. The van der Waals surface area contributed by atoms with Crippen LogP contribution in [0.15, 0.2) is 60.7 Å². The Kier molecular flexibility index (Phi) is 5.30. The zero-order valence-electron chi connectivity index (χ0n) is 14.5. The molecular formula is C20H17F3N2O2. The summed E-state index contributed by atoms with van der Waals surface area (Å²) in [4.78, 5) is 17.3. The van der Waals surface area contributed by atoms with E-state index in [2.05, 4.69) is 4.98 Å². The maximum atomic E-state index is 13.2. The van der Waals surface area contributed by atoms with Crippen LogP contribution in [0.1, 0.15) is 16.1 Å². The molecule has 0 radical (unpaired) electrons. The Morgan fingerprint density at radius 1 is 1.07 bits per heavy atom. The van der Waals surface area contributed by atoms with E-state index in [-0.39, 0.29) is 18.7 Å². The average molecular weight is 374 g/mol. The number of aromatic nitrogens is 1. The van der Waals surface area contributed by atoms with Crippen molar-refractivity contribution in [2.24, 2.45) is 0 Å². The number of anilines is 1. The van der Waals surface area contributed by atoms with Crippen LogP contribution >= 0.6 is 0 Å². The third-order valence-corrected chi connectivity index (χ3v) is 4.07. The lowest BCUT2D eigenvalue weighted by atomic mass is 10.1. The van der Waals surface area contributed by atoms with E-state index in [4.69, 9.17) is 4.74 Å². The molecule has 0 aliphatic rings. The number of carbonyl (C=O) groups is 1. The summed E-state index contributed by atoms with van der Waals surface area (Å²) in [5.41, 5.74) is 0.109. The summed E-state index contributed by atoms with van der Waals surface area (Å²) in [5.74, 6) is -0.473. The van der Waals surface area contributed by atoms with Gasteiger partial charge in [0, 0.05) is 18.1 Å². The highest BCUT2D eigenvalue weighted by Crippen LogP contribution is 2.34. The van der Waals surface area contributed by atoms with Crippen LogP contribution in [-0.4, -0.2) is 31.2 Å². The molecule has 0 saturated heterocycles. The summed E-state index contributed by atoms with van der Waals surface area (Å²) in [6.07, 6.45) is -4.54. The number of alkyl halides is 3. The molecule has 0 fully saturated rings. The Morgan fingerprint density at radius 3 is 2.44 bits per heavy atom. The van der Waals surface area contributed by atoms with Gasteiger partial charge in [-0.25, -0.2) is 9.78 Å². The van der Waals surface area contributed by atoms with Crippen LogP contribution in [0.2, 0.25) is 0 Å². The molecule has 27 heavy (non-hydrogen) atoms. The Balaban J connectivity index is 1.77. The molecule has 0 unspecified atom stereocenters. The van der Waals surface area contributed by atoms with Gasteiger partial charge in [0.1, 0.15) is 12.3 Å². The third-order valence-electron chi connectivity index (χ3n) is 4.07. The first kappa shape index (κ1) is 18.7. The van der Waals surface area contributed by atoms with Crippen LogP contribution in [0.5, 0.6) is 0 Å². The minimum atomic E-state index is -4.54. The first-order valence-corrected chi connectivity index (χ1v) is 8.26. The van der Waals surface area contributed by atoms with E-state index in [1.165, 1.54) is 6.07 Å². The Morgan fingerprint density at radius 2 is 1.74 bits per heavy atom. The molecule has 1 heterocycles. The Bertz CT molecular complexity index is 943. The predicted molar refractivity (Wildman–Crippen MR) is 96.7 cm³/mol. The number of esters is 1. The fraction of sp³-hybridized carbons (Fsp3) is 0.200. The fourth-order valence-corrected chi connectivity index (χ4v) is 2.67. The Hall–Kier alpha value is -3.09. The van der Waals surface area contributed by atoms with E-state index in [0.717, 1.165) is 6.07 Å². The molecular weight excluding hydrogens is 357 g/mol. The molecule has 0 spiro atoms. The number of carbonyl (C=O) groups excluding carboxylic acids is 1. The lowest BCUT2D eigenvalue weighted by molar-refractivity contribution is -0.140. The number of halogens is 3. The van der Waals surface area contributed by atoms with E-state index < -0.39 is 17.8 Å². The normalized spacial score (nSPS) is 11.4. The zero-order valence-corrected chi connectivity index (χ0v) is 14.5. The van der Waals surface area contributed by atoms with Gasteiger partial charge in [0.05, 0.1) is 17.6 Å². The molecule has 1 aromatic heterocycles. The molecule has 0 aliphatic carbocycles. The zero-order chi connectivity index (χ0) is 19.4. The van der Waals surface area contributed by atoms with Gasteiger partial charge in [0.25, 0.3) is 0 Å². The number of fused-ring (bicyclic) bond motifs is 1. The number of benzene rings is 2. The highest BCUT2D eigenvalue weighted by atomic mass is 19.4. The van der Waals surface area contributed by atoms with Gasteiger partial charge >= 0.3 is 12.1 Å². The highest BCUT2D eigenvalue weighted by Gasteiger charge is 2.33. The maximum Gasteiger partial charge on any atom is 0.433 e. The van der Waals surface area contributed by atoms with Gasteiger partial charge < -0.3 is 9.64 Å². The van der Waals surface area contributed by atoms with Crippen molar-refractivity contribution in [2.45, 2.75) is 6.18 Å². The van der Waals surface area contributed by atoms with Crippen molar-refractivity contribution in [3.05, 3.63) is 71.9 Å². The van der Waals surface area contributed by atoms with Crippen LogP contribution in [0, 0.1) is 0 Å². The van der Waals surface area contributed by atoms with Crippen molar-refractivity contribution in [2.75, 3.05) is 25.1 Å². The van der Waals surface area contributed by atoms with Crippen LogP contribution in [0.3, 0.4) is 0 Å². The number of pyridine rings is 1. The van der Waals surface area contributed by atoms with Crippen LogP contribution in [-0.2, 0) is 10.9 Å². The summed E-state index contributed by atoms with van der Waals surface area (Å²) in [7, 11) is 1.65. The van der Waals surface area contributed by atoms with Gasteiger partial charge in [-0.2, -0.15) is 13.2 Å². The summed E-state index contributed by atoms with van der Waals surface area (Å²) in [6, 6.07) is 16.2. The SMILES string of the molecule is CN(CCOC(=O)c1ccccc1)c1cc(C(F)(F)F)nc2ccccc12. The summed E-state index contributed by atoms with van der Waals surface area (Å²) < 4.78 is 44.7. The topological polar surface area (TPSA) is 42.4 Å². The van der Waals surface area contributed by atoms with Gasteiger partial charge in [0.2, 0.25) is 0 Å². The second kappa shape index (κ2) is 7.65. The predicted octanol–water partition coefficient (Wildman–Crippen LogP) is 4.55. The van der Waals surface area contributed by atoms with E-state index >= 15 is 0 Å². The van der Waals surface area contributed by atoms with Crippen molar-refractivity contribution < 1.29 is 22.7 Å². The molecule has 140 valence electrons. The van der Waals surface area contributed by atoms with Crippen molar-refractivity contribution in [1.29, 1.82) is 0 Å². The molecule has 0 N–H and O–H groups in total. The van der Waals surface area contributed by atoms with E-state index in [1.54, 1.807) is 60.5 Å². The van der Waals surface area contributed by atoms with Gasteiger partial charge in [0.15, 0.2) is 0 Å². The largest absolute Gasteiger partial charge is 0.460 e. The molecule has 2 aromatic carbocycles. The van der Waals surface area contributed by atoms with Crippen molar-refractivity contribution in [3.8, 4) is 0 Å². The molecule has 3 aromatic rings. The third kappa shape index (κ3) is 4.36. The molecule has 0 bridgehead atoms. The minimum Gasteiger partial charge on any atom is -0.460 e. The molecule has 7 heteroatoms. The molecule has 4 nitrogen and oxygen atoms in total. The quantitative estimate of drug-likeness (QED) is 0.615. The maximum absolute atomic E-state index is 13.2. The molecule has 3 rings (SSSR count). The molecule has 0 aliphatic heterocycles. The van der Waals surface area contributed by atoms with Gasteiger partial charge in [-0.1, -0.05) is 36.4 Å². The number of ether oxygens (including phenoxy) is 1. The smallest absolute Gasteiger partial charge is 0.433 e. The van der Waals surface area contributed by atoms with Crippen molar-refractivity contribution in [1.82, 2.24) is 4.98 Å². The minimum absolute atomic E-state index is 0.0439. The molecule has 0 saturated carbocycles. The monoisotopic (exact) mass is 374 g/mol. The summed E-state index contributed by atoms with van der Waals surface area (Å²) in [5, 5.41) is 0.599. The molecule has 0 atom stereocenters. The van der Waals surface area contributed by atoms with Crippen LogP contribution in [0.4, 0.5) is 18.9 Å². The first-order chi connectivity index (χ1) is 12.9. The number of likely N-dealkylation sites (N-methyl/N-ethyl adjacent to an activating group) is 1. The van der Waals surface area contributed by atoms with E-state index in [0.29, 0.717) is 16.6 Å². The average Bonchev–Trinajstić information content (AvgIpc) is 2.66. The number of hydrogen-bond donors (Lipinski definition) is 0. The number of nitrogens with zero attached hydrogens (tertiary/aromatic N) is 2. The number of para-hydroxylation sites is 1. The summed E-state index contributed by atoms with van der Waals surface area (Å²) >= 11 is 0. The van der Waals surface area contributed by atoms with Crippen molar-refractivity contribution in [3.63, 3.8) is 0 Å². The molecule has 0 amide bonds. The standard InChI is InChI=1S/C20H17F3N2O2/c1-25(11-12-27-19(26)14-7-3-2-4-8-14)17-13-18(20(21,22)23)24-16-10-6-5-9-15(16)17/h2-10,13H,11-12H2,1H3. The lowest BCUT2D eigenvalue weighted by Gasteiger charge is -2.22. The van der Waals surface area contributed by atoms with Gasteiger partial charge in [-0.3, -0.25) is 0 Å². The van der Waals surface area contributed by atoms with Gasteiger partial charge in [-0.15, -0.1) is 0 Å². The second-order valence-electron chi connectivity index (χ2n) is 5.97. The lowest BCUT2D eigenvalue weighted by Crippen LogP contribution is -2.25. The highest BCUT2D eigenvalue weighted by molar-refractivity contribution is 5.92. The number of hydrogen-bond acceptors (Lipinski definition) is 4. The number of rotatable bonds is 5. The van der Waals surface area contributed by atoms with E-state index in [9.17, 15) is 18.0 Å². The van der Waals surface area contributed by atoms with Crippen molar-refractivity contribution >= 4 is 22.6 Å². The second-order valence-corrected chi connectivity index (χ2v) is 5.97. The van der Waals surface area contributed by atoms with Crippen LogP contribution < -0.4 is 4.90 Å². The Labute approximate surface area is 154 Å². The first-order valence-electron chi connectivity index (χ1n) is 8.26. The van der Waals surface area contributed by atoms with Gasteiger partial charge in [-0.05, 0) is 24.3 Å². The van der Waals surface area contributed by atoms with E-state index in [1.807, 2.05) is 0 Å².